The topological polar surface area (TPSA) is 70.8 Å². The van der Waals surface area contributed by atoms with E-state index in [1.807, 2.05) is 0 Å². The highest BCUT2D eigenvalue weighted by atomic mass is 19.4. The molecule has 0 aromatic carbocycles. The Balaban J connectivity index is 2.33. The van der Waals surface area contributed by atoms with Gasteiger partial charge in [0.2, 0.25) is 11.7 Å². The van der Waals surface area contributed by atoms with Crippen molar-refractivity contribution >= 4 is 5.97 Å². The summed E-state index contributed by atoms with van der Waals surface area (Å²) in [4.78, 5) is 14.8. The first-order valence-corrected chi connectivity index (χ1v) is 5.88. The molecule has 1 unspecified atom stereocenters. The van der Waals surface area contributed by atoms with Crippen molar-refractivity contribution in [3.8, 4) is 0 Å². The summed E-state index contributed by atoms with van der Waals surface area (Å²) >= 11 is 0. The summed E-state index contributed by atoms with van der Waals surface area (Å²) in [6, 6.07) is 0. The Kier molecular flexibility index (Phi) is 4.29. The van der Waals surface area contributed by atoms with E-state index in [0.29, 0.717) is 6.61 Å². The molecule has 0 aliphatic carbocycles. The monoisotopic (exact) mass is 295 g/mol. The van der Waals surface area contributed by atoms with Gasteiger partial charge in [0.05, 0.1) is 26.4 Å². The van der Waals surface area contributed by atoms with E-state index in [4.69, 9.17) is 13.9 Å². The summed E-state index contributed by atoms with van der Waals surface area (Å²) in [5, 5.41) is 0. The van der Waals surface area contributed by atoms with Crippen LogP contribution in [0.2, 0.25) is 0 Å². The van der Waals surface area contributed by atoms with Gasteiger partial charge in [-0.05, 0) is 6.92 Å². The molecular weight excluding hydrogens is 283 g/mol. The van der Waals surface area contributed by atoms with Crippen LogP contribution in [0.15, 0.2) is 4.42 Å². The van der Waals surface area contributed by atoms with Gasteiger partial charge in [0, 0.05) is 0 Å². The van der Waals surface area contributed by atoms with Crippen LogP contribution in [-0.4, -0.2) is 37.4 Å². The number of hydrogen-bond donors (Lipinski definition) is 0. The minimum atomic E-state index is -4.82. The number of alkyl halides is 3. The van der Waals surface area contributed by atoms with Crippen LogP contribution in [-0.2, 0) is 20.4 Å². The molecule has 1 saturated heterocycles. The molecule has 0 saturated carbocycles. The average Bonchev–Trinajstić information content (AvgIpc) is 2.85. The van der Waals surface area contributed by atoms with Crippen molar-refractivity contribution in [1.82, 2.24) is 4.98 Å². The van der Waals surface area contributed by atoms with Crippen molar-refractivity contribution < 1.29 is 36.6 Å². The fourth-order valence-corrected chi connectivity index (χ4v) is 1.63. The van der Waals surface area contributed by atoms with E-state index >= 15 is 0 Å². The zero-order valence-corrected chi connectivity index (χ0v) is 10.5. The minimum Gasteiger partial charge on any atom is -0.460 e. The number of hydrogen-bond acceptors (Lipinski definition) is 6. The number of nitrogens with zero attached hydrogens (tertiary/aromatic N) is 1. The first-order valence-electron chi connectivity index (χ1n) is 5.88. The molecule has 0 spiro atoms. The number of esters is 1. The molecule has 112 valence electrons. The Bertz CT molecular complexity index is 479. The Labute approximate surface area is 111 Å². The Hall–Kier alpha value is -1.61. The van der Waals surface area contributed by atoms with Gasteiger partial charge < -0.3 is 18.6 Å². The van der Waals surface area contributed by atoms with Gasteiger partial charge in [0.15, 0.2) is 11.8 Å². The maximum Gasteiger partial charge on any atom is 0.437 e. The fourth-order valence-electron chi connectivity index (χ4n) is 1.63. The van der Waals surface area contributed by atoms with Crippen LogP contribution >= 0.6 is 0 Å². The van der Waals surface area contributed by atoms with Crippen LogP contribution < -0.4 is 0 Å². The molecule has 6 nitrogen and oxygen atoms in total. The smallest absolute Gasteiger partial charge is 0.437 e. The molecule has 9 heteroatoms. The molecule has 2 heterocycles. The van der Waals surface area contributed by atoms with Gasteiger partial charge >= 0.3 is 12.1 Å². The summed E-state index contributed by atoms with van der Waals surface area (Å²) in [7, 11) is 0. The van der Waals surface area contributed by atoms with Crippen LogP contribution in [0, 0.1) is 0 Å². The Morgan fingerprint density at radius 2 is 2.20 bits per heavy atom. The molecule has 0 radical (unpaired) electrons. The van der Waals surface area contributed by atoms with Gasteiger partial charge in [-0.3, -0.25) is 0 Å². The molecule has 1 aliphatic heterocycles. The Morgan fingerprint density at radius 3 is 2.75 bits per heavy atom. The highest BCUT2D eigenvalue weighted by Gasteiger charge is 2.42. The van der Waals surface area contributed by atoms with Crippen LogP contribution in [0.4, 0.5) is 13.2 Å². The summed E-state index contributed by atoms with van der Waals surface area (Å²) < 4.78 is 58.1. The average molecular weight is 295 g/mol. The number of carbonyl (C=O) groups is 1. The second kappa shape index (κ2) is 5.80. The van der Waals surface area contributed by atoms with E-state index in [0.717, 1.165) is 0 Å². The number of aromatic nitrogens is 1. The van der Waals surface area contributed by atoms with Crippen molar-refractivity contribution in [3.63, 3.8) is 0 Å². The third-order valence-electron chi connectivity index (χ3n) is 2.46. The van der Waals surface area contributed by atoms with Gasteiger partial charge in [-0.2, -0.15) is 13.2 Å². The van der Waals surface area contributed by atoms with Gasteiger partial charge in [0.1, 0.15) is 0 Å². The lowest BCUT2D eigenvalue weighted by molar-refractivity contribution is -0.142. The van der Waals surface area contributed by atoms with Gasteiger partial charge in [-0.15, -0.1) is 0 Å². The highest BCUT2D eigenvalue weighted by Crippen LogP contribution is 2.34. The summed E-state index contributed by atoms with van der Waals surface area (Å²) in [5.41, 5.74) is -1.42. The fraction of sp³-hybridized carbons (Fsp3) is 0.636. The normalized spacial score (nSPS) is 19.9. The molecule has 0 N–H and O–H groups in total. The molecule has 1 aromatic rings. The zero-order valence-electron chi connectivity index (χ0n) is 10.5. The number of oxazole rings is 1. The standard InChI is InChI=1S/C11H12F3NO5/c1-2-18-10(16)7-8(11(12,13)14)15-9(20-7)6-5-17-3-4-19-6/h6H,2-5H2,1H3. The summed E-state index contributed by atoms with van der Waals surface area (Å²) in [5.74, 6) is -2.53. The Morgan fingerprint density at radius 1 is 1.45 bits per heavy atom. The first-order chi connectivity index (χ1) is 9.43. The number of carbonyl (C=O) groups excluding carboxylic acids is 1. The molecule has 1 fully saturated rings. The van der Waals surface area contributed by atoms with E-state index in [9.17, 15) is 18.0 Å². The van der Waals surface area contributed by atoms with Crippen LogP contribution in [0.1, 0.15) is 35.2 Å². The molecule has 1 aliphatic rings. The summed E-state index contributed by atoms with van der Waals surface area (Å²) in [6.07, 6.45) is -5.69. The SMILES string of the molecule is CCOC(=O)c1oc(C2COCCO2)nc1C(F)(F)F. The van der Waals surface area contributed by atoms with Crippen LogP contribution in [0.3, 0.4) is 0 Å². The predicted octanol–water partition coefficient (Wildman–Crippen LogP) is 1.96. The van der Waals surface area contributed by atoms with E-state index in [1.54, 1.807) is 0 Å². The lowest BCUT2D eigenvalue weighted by atomic mass is 10.3. The predicted molar refractivity (Wildman–Crippen MR) is 57.0 cm³/mol. The van der Waals surface area contributed by atoms with Crippen LogP contribution in [0.25, 0.3) is 0 Å². The molecule has 1 atom stereocenters. The molecule has 0 bridgehead atoms. The van der Waals surface area contributed by atoms with E-state index in [-0.39, 0.29) is 25.7 Å². The summed E-state index contributed by atoms with van der Waals surface area (Å²) in [6.45, 7) is 1.97. The largest absolute Gasteiger partial charge is 0.460 e. The van der Waals surface area contributed by atoms with E-state index in [2.05, 4.69) is 9.72 Å². The van der Waals surface area contributed by atoms with Gasteiger partial charge in [0.25, 0.3) is 0 Å². The molecular formula is C11H12F3NO5. The highest BCUT2D eigenvalue weighted by molar-refractivity contribution is 5.87. The van der Waals surface area contributed by atoms with E-state index < -0.39 is 29.7 Å². The minimum absolute atomic E-state index is 0.0140. The third kappa shape index (κ3) is 3.10. The number of halogens is 3. The third-order valence-corrected chi connectivity index (χ3v) is 2.46. The van der Waals surface area contributed by atoms with Crippen molar-refractivity contribution in [1.29, 1.82) is 0 Å². The van der Waals surface area contributed by atoms with Crippen molar-refractivity contribution in [2.24, 2.45) is 0 Å². The van der Waals surface area contributed by atoms with Gasteiger partial charge in [-0.1, -0.05) is 0 Å². The number of ether oxygens (including phenoxy) is 3. The number of rotatable bonds is 3. The van der Waals surface area contributed by atoms with Gasteiger partial charge in [-0.25, -0.2) is 9.78 Å². The first kappa shape index (κ1) is 14.8. The lowest BCUT2D eigenvalue weighted by Gasteiger charge is -2.19. The molecule has 20 heavy (non-hydrogen) atoms. The second-order valence-corrected chi connectivity index (χ2v) is 3.88. The van der Waals surface area contributed by atoms with Crippen molar-refractivity contribution in [3.05, 3.63) is 17.3 Å². The van der Waals surface area contributed by atoms with Crippen molar-refractivity contribution in [2.75, 3.05) is 26.4 Å². The maximum atomic E-state index is 12.8. The van der Waals surface area contributed by atoms with Crippen molar-refractivity contribution in [2.45, 2.75) is 19.2 Å². The second-order valence-electron chi connectivity index (χ2n) is 3.88. The maximum absolute atomic E-state index is 12.8. The molecule has 2 rings (SSSR count). The van der Waals surface area contributed by atoms with E-state index in [1.165, 1.54) is 6.92 Å². The molecule has 1 aromatic heterocycles. The quantitative estimate of drug-likeness (QED) is 0.794. The van der Waals surface area contributed by atoms with Crippen LogP contribution in [0.5, 0.6) is 0 Å². The lowest BCUT2D eigenvalue weighted by Crippen LogP contribution is -2.22. The zero-order chi connectivity index (χ0) is 14.8. The molecule has 0 amide bonds.